The molecule has 5 heteroatoms. The molecule has 0 saturated heterocycles. The first-order valence-electron chi connectivity index (χ1n) is 5.74. The summed E-state index contributed by atoms with van der Waals surface area (Å²) in [6, 6.07) is 9.30. The van der Waals surface area contributed by atoms with Gasteiger partial charge in [-0.1, -0.05) is 0 Å². The van der Waals surface area contributed by atoms with E-state index in [2.05, 4.69) is 15.9 Å². The molecule has 0 unspecified atom stereocenters. The predicted octanol–water partition coefficient (Wildman–Crippen LogP) is 4.36. The fourth-order valence-electron chi connectivity index (χ4n) is 1.59. The zero-order valence-corrected chi connectivity index (χ0v) is 11.9. The molecule has 0 aromatic heterocycles. The normalized spacial score (nSPS) is 10.3. The lowest BCUT2D eigenvalue weighted by Gasteiger charge is -2.11. The maximum absolute atomic E-state index is 13.2. The van der Waals surface area contributed by atoms with Crippen LogP contribution in [0.4, 0.5) is 10.1 Å². The maximum Gasteiger partial charge on any atom is 0.144 e. The molecule has 2 aromatic rings. The van der Waals surface area contributed by atoms with Crippen LogP contribution in [0.3, 0.4) is 0 Å². The fraction of sp³-hybridized carbons (Fsp3) is 0.143. The molecular weight excluding hydrogens is 313 g/mol. The van der Waals surface area contributed by atoms with Crippen LogP contribution in [0.2, 0.25) is 0 Å². The Balaban J connectivity index is 2.29. The number of nitrogens with two attached hydrogens (primary N) is 1. The third-order valence-corrected chi connectivity index (χ3v) is 2.99. The lowest BCUT2D eigenvalue weighted by atomic mass is 10.3. The Morgan fingerprint density at radius 3 is 2.63 bits per heavy atom. The molecule has 2 aromatic carbocycles. The van der Waals surface area contributed by atoms with Crippen molar-refractivity contribution in [3.05, 3.63) is 46.7 Å². The Bertz CT molecular complexity index is 590. The van der Waals surface area contributed by atoms with Crippen LogP contribution in [0.25, 0.3) is 0 Å². The Morgan fingerprint density at radius 1 is 1.16 bits per heavy atom. The van der Waals surface area contributed by atoms with Crippen molar-refractivity contribution in [2.45, 2.75) is 6.92 Å². The highest BCUT2D eigenvalue weighted by Crippen LogP contribution is 2.33. The molecule has 0 aliphatic heterocycles. The average molecular weight is 326 g/mol. The van der Waals surface area contributed by atoms with Gasteiger partial charge in [0.05, 0.1) is 11.1 Å². The van der Waals surface area contributed by atoms with E-state index in [1.165, 1.54) is 12.1 Å². The highest BCUT2D eigenvalue weighted by atomic mass is 79.9. The first-order valence-corrected chi connectivity index (χ1v) is 6.54. The van der Waals surface area contributed by atoms with Gasteiger partial charge in [0.2, 0.25) is 0 Å². The van der Waals surface area contributed by atoms with Crippen molar-refractivity contribution in [3.8, 4) is 17.2 Å². The van der Waals surface area contributed by atoms with Crippen molar-refractivity contribution >= 4 is 21.6 Å². The van der Waals surface area contributed by atoms with Crippen molar-refractivity contribution < 1.29 is 13.9 Å². The number of hydrogen-bond donors (Lipinski definition) is 1. The molecule has 2 rings (SSSR count). The van der Waals surface area contributed by atoms with E-state index in [4.69, 9.17) is 15.2 Å². The van der Waals surface area contributed by atoms with E-state index < -0.39 is 0 Å². The average Bonchev–Trinajstić information content (AvgIpc) is 2.33. The number of halogens is 2. The van der Waals surface area contributed by atoms with Crippen molar-refractivity contribution in [1.82, 2.24) is 0 Å². The molecule has 0 saturated carbocycles. The van der Waals surface area contributed by atoms with Crippen LogP contribution < -0.4 is 15.2 Å². The molecule has 0 spiro atoms. The van der Waals surface area contributed by atoms with Crippen LogP contribution in [0, 0.1) is 5.82 Å². The van der Waals surface area contributed by atoms with Crippen molar-refractivity contribution in [2.24, 2.45) is 0 Å². The second-order valence-electron chi connectivity index (χ2n) is 3.85. The van der Waals surface area contributed by atoms with E-state index in [1.807, 2.05) is 6.92 Å². The summed E-state index contributed by atoms with van der Waals surface area (Å²) in [7, 11) is 0. The van der Waals surface area contributed by atoms with Crippen molar-refractivity contribution in [2.75, 3.05) is 12.3 Å². The fourth-order valence-corrected chi connectivity index (χ4v) is 1.91. The number of ether oxygens (including phenoxy) is 2. The van der Waals surface area contributed by atoms with Crippen LogP contribution in [-0.2, 0) is 0 Å². The summed E-state index contributed by atoms with van der Waals surface area (Å²) in [5, 5.41) is 0. The van der Waals surface area contributed by atoms with Gasteiger partial charge >= 0.3 is 0 Å². The molecule has 0 radical (unpaired) electrons. The van der Waals surface area contributed by atoms with Crippen LogP contribution >= 0.6 is 15.9 Å². The SMILES string of the molecule is CCOc1cc(N)cc(Oc2cc(F)ccc2Br)c1. The molecule has 100 valence electrons. The smallest absolute Gasteiger partial charge is 0.144 e. The third-order valence-electron chi connectivity index (χ3n) is 2.33. The molecule has 0 amide bonds. The first kappa shape index (κ1) is 13.7. The van der Waals surface area contributed by atoms with E-state index in [1.54, 1.807) is 24.3 Å². The van der Waals surface area contributed by atoms with Crippen LogP contribution in [-0.4, -0.2) is 6.61 Å². The number of hydrogen-bond acceptors (Lipinski definition) is 3. The van der Waals surface area contributed by atoms with E-state index in [-0.39, 0.29) is 5.82 Å². The molecule has 0 atom stereocenters. The molecule has 0 heterocycles. The lowest BCUT2D eigenvalue weighted by Crippen LogP contribution is -1.95. The summed E-state index contributed by atoms with van der Waals surface area (Å²) in [4.78, 5) is 0. The molecular formula is C14H13BrFNO2. The molecule has 0 aliphatic rings. The van der Waals surface area contributed by atoms with Crippen molar-refractivity contribution in [3.63, 3.8) is 0 Å². The molecule has 19 heavy (non-hydrogen) atoms. The monoisotopic (exact) mass is 325 g/mol. The summed E-state index contributed by atoms with van der Waals surface area (Å²) in [5.74, 6) is 1.12. The molecule has 3 nitrogen and oxygen atoms in total. The van der Waals surface area contributed by atoms with E-state index in [0.717, 1.165) is 0 Å². The zero-order chi connectivity index (χ0) is 13.8. The van der Waals surface area contributed by atoms with Gasteiger partial charge in [0.25, 0.3) is 0 Å². The molecule has 0 aliphatic carbocycles. The van der Waals surface area contributed by atoms with Crippen molar-refractivity contribution in [1.29, 1.82) is 0 Å². The first-order chi connectivity index (χ1) is 9.08. The maximum atomic E-state index is 13.2. The Labute approximate surface area is 119 Å². The topological polar surface area (TPSA) is 44.5 Å². The number of anilines is 1. The summed E-state index contributed by atoms with van der Waals surface area (Å²) >= 11 is 3.30. The minimum atomic E-state index is -0.368. The lowest BCUT2D eigenvalue weighted by molar-refractivity contribution is 0.338. The summed E-state index contributed by atoms with van der Waals surface area (Å²) in [5.41, 5.74) is 6.29. The Hall–Kier alpha value is -1.75. The zero-order valence-electron chi connectivity index (χ0n) is 10.3. The second kappa shape index (κ2) is 5.93. The molecule has 0 fully saturated rings. The van der Waals surface area contributed by atoms with Gasteiger partial charge in [-0.25, -0.2) is 4.39 Å². The summed E-state index contributed by atoms with van der Waals surface area (Å²) < 4.78 is 24.8. The molecule has 2 N–H and O–H groups in total. The highest BCUT2D eigenvalue weighted by Gasteiger charge is 2.07. The van der Waals surface area contributed by atoms with Gasteiger partial charge in [0, 0.05) is 30.0 Å². The van der Waals surface area contributed by atoms with Crippen LogP contribution in [0.5, 0.6) is 17.2 Å². The van der Waals surface area contributed by atoms with Gasteiger partial charge in [-0.15, -0.1) is 0 Å². The van der Waals surface area contributed by atoms with Gasteiger partial charge in [-0.2, -0.15) is 0 Å². The standard InChI is InChI=1S/C14H13BrFNO2/c1-2-18-11-6-10(17)7-12(8-11)19-14-5-9(16)3-4-13(14)15/h3-8H,2,17H2,1H3. The van der Waals surface area contributed by atoms with Gasteiger partial charge in [-0.05, 0) is 35.0 Å². The quantitative estimate of drug-likeness (QED) is 0.849. The van der Waals surface area contributed by atoms with Crippen LogP contribution in [0.15, 0.2) is 40.9 Å². The Kier molecular flexibility index (Phi) is 4.27. The third kappa shape index (κ3) is 3.61. The summed E-state index contributed by atoms with van der Waals surface area (Å²) in [6.07, 6.45) is 0. The van der Waals surface area contributed by atoms with Crippen LogP contribution in [0.1, 0.15) is 6.92 Å². The number of benzene rings is 2. The minimum absolute atomic E-state index is 0.368. The number of nitrogen functional groups attached to an aromatic ring is 1. The molecule has 0 bridgehead atoms. The largest absolute Gasteiger partial charge is 0.494 e. The number of rotatable bonds is 4. The minimum Gasteiger partial charge on any atom is -0.494 e. The van der Waals surface area contributed by atoms with E-state index >= 15 is 0 Å². The van der Waals surface area contributed by atoms with Gasteiger partial charge < -0.3 is 15.2 Å². The van der Waals surface area contributed by atoms with E-state index in [9.17, 15) is 4.39 Å². The van der Waals surface area contributed by atoms with E-state index in [0.29, 0.717) is 34.0 Å². The predicted molar refractivity (Wildman–Crippen MR) is 76.2 cm³/mol. The van der Waals surface area contributed by atoms with Gasteiger partial charge in [0.15, 0.2) is 0 Å². The second-order valence-corrected chi connectivity index (χ2v) is 4.70. The Morgan fingerprint density at radius 2 is 1.89 bits per heavy atom. The highest BCUT2D eigenvalue weighted by molar-refractivity contribution is 9.10. The van der Waals surface area contributed by atoms with Gasteiger partial charge in [-0.3, -0.25) is 0 Å². The van der Waals surface area contributed by atoms with Gasteiger partial charge in [0.1, 0.15) is 23.1 Å². The summed E-state index contributed by atoms with van der Waals surface area (Å²) in [6.45, 7) is 2.42.